The molecule has 0 aliphatic carbocycles. The summed E-state index contributed by atoms with van der Waals surface area (Å²) < 4.78 is 26.9. The zero-order valence-electron chi connectivity index (χ0n) is 24.9. The fraction of sp³-hybridized carbons (Fsp3) is 1.00. The lowest BCUT2D eigenvalue weighted by atomic mass is 9.79. The van der Waals surface area contributed by atoms with Crippen LogP contribution in [0.3, 0.4) is 0 Å². The van der Waals surface area contributed by atoms with Crippen LogP contribution in [-0.2, 0) is 18.9 Å². The first-order valence-corrected chi connectivity index (χ1v) is 15.7. The lowest BCUT2D eigenvalue weighted by Gasteiger charge is -2.51. The Hall–Kier alpha value is 0.200. The second-order valence-electron chi connectivity index (χ2n) is 14.7. The Kier molecular flexibility index (Phi) is 8.59. The maximum Gasteiger partial charge on any atom is 0.0924 e. The number of hydrogen-bond acceptors (Lipinski definition) is 7. The van der Waals surface area contributed by atoms with Crippen molar-refractivity contribution in [2.24, 2.45) is 0 Å². The average Bonchev–Trinajstić information content (AvgIpc) is 3.45. The molecule has 0 aromatic heterocycles. The Balaban J connectivity index is 1.37. The molecule has 4 fully saturated rings. The molecule has 4 rings (SSSR count). The van der Waals surface area contributed by atoms with Crippen molar-refractivity contribution in [2.45, 2.75) is 189 Å². The van der Waals surface area contributed by atoms with Crippen molar-refractivity contribution in [1.82, 2.24) is 0 Å². The largest absolute Gasteiger partial charge is 0.390 e. The van der Waals surface area contributed by atoms with E-state index in [1.165, 1.54) is 0 Å². The Labute approximate surface area is 238 Å². The standard InChI is InChI=1S/C30H53BrO7/c1-25(2,33)20(32)12-15-27(5,34)21-13-17-28(6,37-21)22-9-10-23(35-22)29(7)18-14-24-30(8,38-29)16-11-19(31)26(3,4)36-24/h19-24,32-34H,9-18H2,1-8H3/t19-,20-,21+,22-,23-,24+,27-,28-,29-,30-/m0/s1. The zero-order valence-corrected chi connectivity index (χ0v) is 26.5. The van der Waals surface area contributed by atoms with Gasteiger partial charge in [0.1, 0.15) is 0 Å². The second-order valence-corrected chi connectivity index (χ2v) is 15.8. The molecule has 222 valence electrons. The summed E-state index contributed by atoms with van der Waals surface area (Å²) in [5.74, 6) is 0. The van der Waals surface area contributed by atoms with Crippen molar-refractivity contribution >= 4 is 15.9 Å². The molecule has 0 spiro atoms. The molecule has 4 heterocycles. The van der Waals surface area contributed by atoms with E-state index >= 15 is 0 Å². The third-order valence-corrected chi connectivity index (χ3v) is 11.8. The first-order chi connectivity index (χ1) is 17.3. The number of rotatable bonds is 7. The van der Waals surface area contributed by atoms with Gasteiger partial charge in [-0.1, -0.05) is 15.9 Å². The minimum absolute atomic E-state index is 0.0109. The smallest absolute Gasteiger partial charge is 0.0924 e. The molecule has 0 amide bonds. The van der Waals surface area contributed by atoms with E-state index in [1.807, 2.05) is 0 Å². The maximum absolute atomic E-state index is 11.2. The topological polar surface area (TPSA) is 97.6 Å². The quantitative estimate of drug-likeness (QED) is 0.344. The van der Waals surface area contributed by atoms with Gasteiger partial charge in [0.25, 0.3) is 0 Å². The summed E-state index contributed by atoms with van der Waals surface area (Å²) >= 11 is 3.85. The van der Waals surface area contributed by atoms with Crippen molar-refractivity contribution in [3.63, 3.8) is 0 Å². The number of halogens is 1. The van der Waals surface area contributed by atoms with Crippen LogP contribution < -0.4 is 0 Å². The number of fused-ring (bicyclic) bond motifs is 1. The van der Waals surface area contributed by atoms with Crippen molar-refractivity contribution < 1.29 is 34.3 Å². The van der Waals surface area contributed by atoms with Gasteiger partial charge in [0.15, 0.2) is 0 Å². The van der Waals surface area contributed by atoms with Crippen LogP contribution in [0, 0.1) is 0 Å². The van der Waals surface area contributed by atoms with E-state index in [0.29, 0.717) is 17.7 Å². The van der Waals surface area contributed by atoms with E-state index < -0.39 is 22.9 Å². The maximum atomic E-state index is 11.2. The van der Waals surface area contributed by atoms with E-state index in [9.17, 15) is 15.3 Å². The van der Waals surface area contributed by atoms with Gasteiger partial charge in [0, 0.05) is 4.83 Å². The predicted octanol–water partition coefficient (Wildman–Crippen LogP) is 5.18. The molecule has 4 saturated heterocycles. The zero-order chi connectivity index (χ0) is 28.4. The van der Waals surface area contributed by atoms with Gasteiger partial charge in [-0.05, 0) is 120 Å². The van der Waals surface area contributed by atoms with Gasteiger partial charge in [0.2, 0.25) is 0 Å². The van der Waals surface area contributed by atoms with Crippen LogP contribution in [0.2, 0.25) is 0 Å². The molecule has 0 saturated carbocycles. The number of aliphatic hydroxyl groups is 3. The Bertz CT molecular complexity index is 843. The molecule has 8 heteroatoms. The first-order valence-electron chi connectivity index (χ1n) is 14.8. The summed E-state index contributed by atoms with van der Waals surface area (Å²) in [5, 5.41) is 31.5. The van der Waals surface area contributed by atoms with E-state index in [1.54, 1.807) is 20.8 Å². The van der Waals surface area contributed by atoms with Crippen LogP contribution in [0.1, 0.15) is 120 Å². The Morgan fingerprint density at radius 3 is 1.97 bits per heavy atom. The first kappa shape index (κ1) is 31.1. The fourth-order valence-electron chi connectivity index (χ4n) is 7.21. The molecule has 10 atom stereocenters. The fourth-order valence-corrected chi connectivity index (χ4v) is 7.55. The molecular formula is C30H53BrO7. The van der Waals surface area contributed by atoms with Gasteiger partial charge in [-0.15, -0.1) is 0 Å². The van der Waals surface area contributed by atoms with Gasteiger partial charge in [0.05, 0.1) is 64.1 Å². The van der Waals surface area contributed by atoms with Gasteiger partial charge < -0.3 is 34.3 Å². The van der Waals surface area contributed by atoms with Gasteiger partial charge in [-0.3, -0.25) is 0 Å². The summed E-state index contributed by atoms with van der Waals surface area (Å²) in [5.41, 5.74) is -3.73. The predicted molar refractivity (Wildman–Crippen MR) is 151 cm³/mol. The van der Waals surface area contributed by atoms with Crippen molar-refractivity contribution in [3.8, 4) is 0 Å². The highest BCUT2D eigenvalue weighted by Crippen LogP contribution is 2.51. The summed E-state index contributed by atoms with van der Waals surface area (Å²) in [7, 11) is 0. The molecule has 38 heavy (non-hydrogen) atoms. The highest BCUT2D eigenvalue weighted by molar-refractivity contribution is 9.09. The lowest BCUT2D eigenvalue weighted by molar-refractivity contribution is -0.278. The Morgan fingerprint density at radius 1 is 0.789 bits per heavy atom. The summed E-state index contributed by atoms with van der Waals surface area (Å²) in [6.45, 7) is 15.8. The number of aliphatic hydroxyl groups excluding tert-OH is 1. The number of hydrogen-bond donors (Lipinski definition) is 3. The van der Waals surface area contributed by atoms with Crippen LogP contribution in [0.25, 0.3) is 0 Å². The van der Waals surface area contributed by atoms with Gasteiger partial charge >= 0.3 is 0 Å². The number of alkyl halides is 1. The third-order valence-electron chi connectivity index (χ3n) is 10.3. The highest BCUT2D eigenvalue weighted by Gasteiger charge is 2.57. The Morgan fingerprint density at radius 2 is 1.34 bits per heavy atom. The number of ether oxygens (including phenoxy) is 4. The van der Waals surface area contributed by atoms with E-state index in [4.69, 9.17) is 18.9 Å². The molecule has 7 nitrogen and oxygen atoms in total. The normalized spacial score (nSPS) is 46.3. The molecule has 0 radical (unpaired) electrons. The summed E-state index contributed by atoms with van der Waals surface area (Å²) in [6.07, 6.45) is 6.60. The van der Waals surface area contributed by atoms with Crippen LogP contribution in [-0.4, -0.2) is 84.3 Å². The molecule has 4 aliphatic heterocycles. The summed E-state index contributed by atoms with van der Waals surface area (Å²) in [4.78, 5) is 0.294. The molecular weight excluding hydrogens is 552 g/mol. The lowest BCUT2D eigenvalue weighted by Crippen LogP contribution is -2.59. The van der Waals surface area contributed by atoms with E-state index in [-0.39, 0.29) is 41.2 Å². The van der Waals surface area contributed by atoms with Crippen LogP contribution in [0.4, 0.5) is 0 Å². The van der Waals surface area contributed by atoms with Crippen molar-refractivity contribution in [3.05, 3.63) is 0 Å². The van der Waals surface area contributed by atoms with Crippen LogP contribution in [0.15, 0.2) is 0 Å². The second kappa shape index (κ2) is 10.5. The minimum Gasteiger partial charge on any atom is -0.390 e. The molecule has 0 aromatic carbocycles. The highest BCUT2D eigenvalue weighted by atomic mass is 79.9. The molecule has 3 N–H and O–H groups in total. The third kappa shape index (κ3) is 6.18. The average molecular weight is 606 g/mol. The van der Waals surface area contributed by atoms with Crippen LogP contribution in [0.5, 0.6) is 0 Å². The SMILES string of the molecule is CC(C)(O)[C@@H](O)CC[C@](C)(O)[C@H]1CC[C@@](C)([C@@H]2CC[C@@H]([C@]3(C)CC[C@H]4OC(C)(C)[C@@H](Br)CC[C@]4(C)O3)O2)O1. The monoisotopic (exact) mass is 604 g/mol. The van der Waals surface area contributed by atoms with Crippen molar-refractivity contribution in [1.29, 1.82) is 0 Å². The van der Waals surface area contributed by atoms with Crippen LogP contribution >= 0.6 is 15.9 Å². The van der Waals surface area contributed by atoms with E-state index in [2.05, 4.69) is 50.5 Å². The van der Waals surface area contributed by atoms with Gasteiger partial charge in [-0.2, -0.15) is 0 Å². The molecule has 4 aliphatic rings. The van der Waals surface area contributed by atoms with Gasteiger partial charge in [-0.25, -0.2) is 0 Å². The molecule has 0 unspecified atom stereocenters. The minimum atomic E-state index is -1.20. The van der Waals surface area contributed by atoms with Crippen molar-refractivity contribution in [2.75, 3.05) is 0 Å². The molecule has 0 aromatic rings. The molecule has 0 bridgehead atoms. The summed E-state index contributed by atoms with van der Waals surface area (Å²) in [6, 6.07) is 0. The van der Waals surface area contributed by atoms with E-state index in [0.717, 1.165) is 51.4 Å².